The van der Waals surface area contributed by atoms with Gasteiger partial charge < -0.3 is 5.32 Å². The summed E-state index contributed by atoms with van der Waals surface area (Å²) >= 11 is 0. The third-order valence-corrected chi connectivity index (χ3v) is 7.34. The van der Waals surface area contributed by atoms with Crippen molar-refractivity contribution in [2.45, 2.75) is 38.0 Å². The Morgan fingerprint density at radius 1 is 1.10 bits per heavy atom. The second kappa shape index (κ2) is 8.76. The number of amides is 1. The van der Waals surface area contributed by atoms with E-state index in [4.69, 9.17) is 5.26 Å². The molecule has 0 aromatic heterocycles. The molecule has 0 saturated carbocycles. The summed E-state index contributed by atoms with van der Waals surface area (Å²) in [7, 11) is -3.54. The van der Waals surface area contributed by atoms with Crippen LogP contribution in [0.25, 0.3) is 0 Å². The van der Waals surface area contributed by atoms with Crippen LogP contribution in [0.1, 0.15) is 29.5 Å². The van der Waals surface area contributed by atoms with Crippen molar-refractivity contribution < 1.29 is 13.2 Å². The Kier molecular flexibility index (Phi) is 6.36. The van der Waals surface area contributed by atoms with Gasteiger partial charge in [0.1, 0.15) is 0 Å². The lowest BCUT2D eigenvalue weighted by Crippen LogP contribution is -2.41. The van der Waals surface area contributed by atoms with Gasteiger partial charge >= 0.3 is 0 Å². The van der Waals surface area contributed by atoms with E-state index < -0.39 is 10.0 Å². The van der Waals surface area contributed by atoms with Gasteiger partial charge in [-0.3, -0.25) is 4.79 Å². The van der Waals surface area contributed by atoms with E-state index in [0.717, 1.165) is 16.7 Å². The third-order valence-electron chi connectivity index (χ3n) is 5.45. The van der Waals surface area contributed by atoms with Gasteiger partial charge in [0.05, 0.1) is 17.4 Å². The average Bonchev–Trinajstić information content (AvgIpc) is 2.71. The first-order chi connectivity index (χ1) is 13.8. The molecule has 2 aromatic carbocycles. The number of nitrogens with zero attached hydrogens (tertiary/aromatic N) is 2. The summed E-state index contributed by atoms with van der Waals surface area (Å²) in [6.07, 6.45) is 1.31. The smallest absolute Gasteiger partial charge is 0.243 e. The summed E-state index contributed by atoms with van der Waals surface area (Å²) in [6.45, 7) is 4.51. The van der Waals surface area contributed by atoms with E-state index in [1.165, 1.54) is 4.31 Å². The number of hydrogen-bond donors (Lipinski definition) is 1. The number of aryl methyl sites for hydroxylation is 2. The Labute approximate surface area is 172 Å². The van der Waals surface area contributed by atoms with Gasteiger partial charge in [-0.05, 0) is 67.6 Å². The second-order valence-corrected chi connectivity index (χ2v) is 9.38. The van der Waals surface area contributed by atoms with E-state index in [2.05, 4.69) is 11.4 Å². The molecule has 0 radical (unpaired) electrons. The summed E-state index contributed by atoms with van der Waals surface area (Å²) < 4.78 is 27.3. The normalized spacial score (nSPS) is 15.6. The second-order valence-electron chi connectivity index (χ2n) is 7.45. The van der Waals surface area contributed by atoms with Crippen molar-refractivity contribution in [2.24, 2.45) is 5.92 Å². The van der Waals surface area contributed by atoms with E-state index in [1.807, 2.05) is 32.0 Å². The van der Waals surface area contributed by atoms with Crippen molar-refractivity contribution in [3.05, 3.63) is 59.2 Å². The molecule has 1 amide bonds. The molecular formula is C22H25N3O3S. The van der Waals surface area contributed by atoms with Crippen molar-refractivity contribution in [1.82, 2.24) is 4.31 Å². The number of sulfonamides is 1. The Bertz CT molecular complexity index is 1030. The molecule has 0 atom stereocenters. The number of carbonyl (C=O) groups is 1. The molecule has 6 nitrogen and oxygen atoms in total. The molecule has 1 saturated heterocycles. The first-order valence-corrected chi connectivity index (χ1v) is 11.1. The van der Waals surface area contributed by atoms with Gasteiger partial charge in [-0.15, -0.1) is 0 Å². The lowest BCUT2D eigenvalue weighted by molar-refractivity contribution is -0.120. The van der Waals surface area contributed by atoms with Crippen LogP contribution < -0.4 is 5.32 Å². The minimum Gasteiger partial charge on any atom is -0.326 e. The Morgan fingerprint density at radius 2 is 1.76 bits per heavy atom. The monoisotopic (exact) mass is 411 g/mol. The summed E-state index contributed by atoms with van der Waals surface area (Å²) in [5.74, 6) is -0.318. The Morgan fingerprint density at radius 3 is 2.34 bits per heavy atom. The standard InChI is InChI=1S/C22H25N3O3S/c1-16-3-8-21(15-17(16)2)29(27,28)25-13-10-19(11-14-25)22(26)24-20-6-4-18(5-7-20)9-12-23/h3-8,15,19H,9-11,13-14H2,1-2H3,(H,24,26). The average molecular weight is 412 g/mol. The van der Waals surface area contributed by atoms with Crippen LogP contribution in [-0.2, 0) is 21.2 Å². The number of benzene rings is 2. The molecule has 1 aliphatic rings. The zero-order chi connectivity index (χ0) is 21.0. The molecule has 0 aliphatic carbocycles. The van der Waals surface area contributed by atoms with E-state index in [0.29, 0.717) is 42.9 Å². The van der Waals surface area contributed by atoms with Gasteiger partial charge in [-0.2, -0.15) is 9.57 Å². The first kappa shape index (κ1) is 21.0. The van der Waals surface area contributed by atoms with Crippen molar-refractivity contribution in [1.29, 1.82) is 5.26 Å². The molecule has 2 aromatic rings. The Hall–Kier alpha value is -2.69. The minimum absolute atomic E-state index is 0.0961. The molecule has 1 heterocycles. The molecule has 152 valence electrons. The number of nitrogens with one attached hydrogen (secondary N) is 1. The van der Waals surface area contributed by atoms with Crippen molar-refractivity contribution >= 4 is 21.6 Å². The van der Waals surface area contributed by atoms with Crippen molar-refractivity contribution in [2.75, 3.05) is 18.4 Å². The molecule has 29 heavy (non-hydrogen) atoms. The maximum atomic E-state index is 12.9. The molecule has 7 heteroatoms. The highest BCUT2D eigenvalue weighted by Gasteiger charge is 2.32. The Balaban J connectivity index is 1.60. The van der Waals surface area contributed by atoms with Gasteiger partial charge in [-0.1, -0.05) is 18.2 Å². The molecule has 0 spiro atoms. The molecule has 0 unspecified atom stereocenters. The van der Waals surface area contributed by atoms with Crippen LogP contribution in [0.15, 0.2) is 47.4 Å². The maximum Gasteiger partial charge on any atom is 0.243 e. The molecule has 1 fully saturated rings. The number of anilines is 1. The summed E-state index contributed by atoms with van der Waals surface area (Å²) in [5, 5.41) is 11.6. The highest BCUT2D eigenvalue weighted by atomic mass is 32.2. The number of rotatable bonds is 5. The van der Waals surface area contributed by atoms with E-state index >= 15 is 0 Å². The van der Waals surface area contributed by atoms with Crippen molar-refractivity contribution in [3.8, 4) is 6.07 Å². The maximum absolute atomic E-state index is 12.9. The SMILES string of the molecule is Cc1ccc(S(=O)(=O)N2CCC(C(=O)Nc3ccc(CC#N)cc3)CC2)cc1C. The molecule has 0 bridgehead atoms. The van der Waals surface area contributed by atoms with E-state index in [1.54, 1.807) is 24.3 Å². The summed E-state index contributed by atoms with van der Waals surface area (Å²) in [4.78, 5) is 12.9. The molecule has 1 N–H and O–H groups in total. The van der Waals surface area contributed by atoms with Crippen LogP contribution in [0, 0.1) is 31.1 Å². The fraction of sp³-hybridized carbons (Fsp3) is 0.364. The molecular weight excluding hydrogens is 386 g/mol. The largest absolute Gasteiger partial charge is 0.326 e. The topological polar surface area (TPSA) is 90.3 Å². The van der Waals surface area contributed by atoms with Crippen LogP contribution in [-0.4, -0.2) is 31.7 Å². The third kappa shape index (κ3) is 4.84. The first-order valence-electron chi connectivity index (χ1n) is 9.65. The zero-order valence-electron chi connectivity index (χ0n) is 16.7. The lowest BCUT2D eigenvalue weighted by Gasteiger charge is -2.30. The van der Waals surface area contributed by atoms with Crippen LogP contribution in [0.5, 0.6) is 0 Å². The van der Waals surface area contributed by atoms with E-state index in [9.17, 15) is 13.2 Å². The number of hydrogen-bond acceptors (Lipinski definition) is 4. The summed E-state index contributed by atoms with van der Waals surface area (Å²) in [6, 6.07) is 14.5. The van der Waals surface area contributed by atoms with E-state index in [-0.39, 0.29) is 11.8 Å². The number of carbonyl (C=O) groups excluding carboxylic acids is 1. The fourth-order valence-electron chi connectivity index (χ4n) is 3.42. The quantitative estimate of drug-likeness (QED) is 0.816. The number of piperidine rings is 1. The molecule has 3 rings (SSSR count). The van der Waals surface area contributed by atoms with Crippen molar-refractivity contribution in [3.63, 3.8) is 0 Å². The summed E-state index contributed by atoms with van der Waals surface area (Å²) in [5.41, 5.74) is 3.58. The van der Waals surface area contributed by atoms with Gasteiger partial charge in [0.25, 0.3) is 0 Å². The molecule has 1 aliphatic heterocycles. The zero-order valence-corrected chi connectivity index (χ0v) is 17.5. The predicted molar refractivity (Wildman–Crippen MR) is 112 cm³/mol. The predicted octanol–water partition coefficient (Wildman–Crippen LogP) is 3.41. The van der Waals surface area contributed by atoms with Crippen LogP contribution in [0.2, 0.25) is 0 Å². The fourth-order valence-corrected chi connectivity index (χ4v) is 4.98. The van der Waals surface area contributed by atoms with Gasteiger partial charge in [0.2, 0.25) is 15.9 Å². The lowest BCUT2D eigenvalue weighted by atomic mass is 9.97. The van der Waals surface area contributed by atoms with Gasteiger partial charge in [-0.25, -0.2) is 8.42 Å². The highest BCUT2D eigenvalue weighted by Crippen LogP contribution is 2.26. The van der Waals surface area contributed by atoms with Crippen LogP contribution in [0.3, 0.4) is 0 Å². The van der Waals surface area contributed by atoms with Crippen LogP contribution >= 0.6 is 0 Å². The van der Waals surface area contributed by atoms with Gasteiger partial charge in [0, 0.05) is 24.7 Å². The number of nitriles is 1. The highest BCUT2D eigenvalue weighted by molar-refractivity contribution is 7.89. The van der Waals surface area contributed by atoms with Crippen LogP contribution in [0.4, 0.5) is 5.69 Å². The van der Waals surface area contributed by atoms with Gasteiger partial charge in [0.15, 0.2) is 0 Å². The minimum atomic E-state index is -3.54.